The van der Waals surface area contributed by atoms with Crippen molar-refractivity contribution < 1.29 is 13.2 Å². The van der Waals surface area contributed by atoms with Gasteiger partial charge in [-0.25, -0.2) is 8.42 Å². The van der Waals surface area contributed by atoms with Crippen molar-refractivity contribution in [3.05, 3.63) is 60.3 Å². The smallest absolute Gasteiger partial charge is 0.243 e. The highest BCUT2D eigenvalue weighted by Gasteiger charge is 2.29. The number of piperazine rings is 1. The number of aryl methyl sites for hydroxylation is 1. The molecule has 1 fully saturated rings. The molecule has 4 rings (SSSR count). The molecule has 0 saturated carbocycles. The fourth-order valence-corrected chi connectivity index (χ4v) is 5.01. The number of nitrogens with zero attached hydrogens (tertiary/aromatic N) is 3. The number of anilines is 1. The number of benzene rings is 2. The summed E-state index contributed by atoms with van der Waals surface area (Å²) in [5.74, 6) is 0.642. The molecule has 1 aliphatic heterocycles. The Morgan fingerprint density at radius 2 is 1.68 bits per heavy atom. The Hall–Kier alpha value is -2.64. The molecule has 0 unspecified atom stereocenters. The van der Waals surface area contributed by atoms with Gasteiger partial charge in [0.1, 0.15) is 5.75 Å². The van der Waals surface area contributed by atoms with Crippen LogP contribution in [0, 0.1) is 6.92 Å². The molecule has 7 heteroatoms. The van der Waals surface area contributed by atoms with Crippen LogP contribution in [0.5, 0.6) is 5.75 Å². The highest BCUT2D eigenvalue weighted by atomic mass is 32.2. The van der Waals surface area contributed by atoms with Crippen molar-refractivity contribution in [2.75, 3.05) is 38.2 Å². The zero-order chi connectivity index (χ0) is 19.7. The van der Waals surface area contributed by atoms with Gasteiger partial charge in [0.15, 0.2) is 0 Å². The summed E-state index contributed by atoms with van der Waals surface area (Å²) in [7, 11) is -1.94. The standard InChI is InChI=1S/C21H23N3O3S/c1-16-3-8-20-19(15-16)21(9-10-22-20)23-11-13-24(14-12-23)28(25,26)18-6-4-17(27-2)5-7-18/h3-10,15H,11-14H2,1-2H3. The minimum absolute atomic E-state index is 0.298. The molecule has 2 aromatic carbocycles. The Balaban J connectivity index is 1.54. The van der Waals surface area contributed by atoms with Crippen LogP contribution in [0.1, 0.15) is 5.56 Å². The molecule has 6 nitrogen and oxygen atoms in total. The summed E-state index contributed by atoms with van der Waals surface area (Å²) in [4.78, 5) is 6.98. The predicted molar refractivity (Wildman–Crippen MR) is 110 cm³/mol. The van der Waals surface area contributed by atoms with E-state index in [-0.39, 0.29) is 0 Å². The lowest BCUT2D eigenvalue weighted by atomic mass is 10.1. The quantitative estimate of drug-likeness (QED) is 0.677. The largest absolute Gasteiger partial charge is 0.497 e. The second-order valence-corrected chi connectivity index (χ2v) is 8.86. The molecule has 0 aliphatic carbocycles. The fraction of sp³-hybridized carbons (Fsp3) is 0.286. The molecule has 28 heavy (non-hydrogen) atoms. The molecule has 0 spiro atoms. The molecule has 0 atom stereocenters. The van der Waals surface area contributed by atoms with E-state index in [2.05, 4.69) is 28.9 Å². The normalized spacial score (nSPS) is 15.7. The van der Waals surface area contributed by atoms with Gasteiger partial charge in [-0.3, -0.25) is 4.98 Å². The van der Waals surface area contributed by atoms with Gasteiger partial charge in [0.05, 0.1) is 17.5 Å². The Morgan fingerprint density at radius 1 is 0.964 bits per heavy atom. The van der Waals surface area contributed by atoms with E-state index in [1.807, 2.05) is 18.3 Å². The van der Waals surface area contributed by atoms with Crippen LogP contribution >= 0.6 is 0 Å². The third kappa shape index (κ3) is 3.43. The third-order valence-corrected chi connectivity index (χ3v) is 7.06. The first kappa shape index (κ1) is 18.7. The van der Waals surface area contributed by atoms with Crippen LogP contribution in [-0.4, -0.2) is 51.0 Å². The van der Waals surface area contributed by atoms with Gasteiger partial charge in [-0.15, -0.1) is 0 Å². The predicted octanol–water partition coefficient (Wildman–Crippen LogP) is 3.06. The van der Waals surface area contributed by atoms with Crippen LogP contribution in [0.3, 0.4) is 0 Å². The van der Waals surface area contributed by atoms with Gasteiger partial charge in [0.2, 0.25) is 10.0 Å². The topological polar surface area (TPSA) is 62.7 Å². The Morgan fingerprint density at radius 3 is 2.36 bits per heavy atom. The average Bonchev–Trinajstić information content (AvgIpc) is 2.73. The van der Waals surface area contributed by atoms with Crippen molar-refractivity contribution in [1.29, 1.82) is 0 Å². The van der Waals surface area contributed by atoms with Gasteiger partial charge in [-0.1, -0.05) is 11.6 Å². The summed E-state index contributed by atoms with van der Waals surface area (Å²) >= 11 is 0. The van der Waals surface area contributed by atoms with E-state index in [9.17, 15) is 8.42 Å². The van der Waals surface area contributed by atoms with E-state index < -0.39 is 10.0 Å². The number of ether oxygens (including phenoxy) is 1. The molecule has 146 valence electrons. The summed E-state index contributed by atoms with van der Waals surface area (Å²) in [5.41, 5.74) is 3.24. The third-order valence-electron chi connectivity index (χ3n) is 5.15. The van der Waals surface area contributed by atoms with Gasteiger partial charge < -0.3 is 9.64 Å². The molecule has 1 saturated heterocycles. The molecule has 1 aromatic heterocycles. The lowest BCUT2D eigenvalue weighted by Crippen LogP contribution is -2.48. The molecule has 0 radical (unpaired) electrons. The maximum Gasteiger partial charge on any atom is 0.243 e. The van der Waals surface area contributed by atoms with Crippen LogP contribution in [0.15, 0.2) is 59.6 Å². The molecule has 1 aliphatic rings. The van der Waals surface area contributed by atoms with E-state index >= 15 is 0 Å². The Labute approximate surface area is 165 Å². The van der Waals surface area contributed by atoms with Crippen LogP contribution < -0.4 is 9.64 Å². The number of pyridine rings is 1. The second kappa shape index (κ2) is 7.41. The van der Waals surface area contributed by atoms with Crippen molar-refractivity contribution in [1.82, 2.24) is 9.29 Å². The minimum Gasteiger partial charge on any atom is -0.497 e. The second-order valence-electron chi connectivity index (χ2n) is 6.92. The molecule has 0 bridgehead atoms. The van der Waals surface area contributed by atoms with Crippen molar-refractivity contribution in [3.8, 4) is 5.75 Å². The van der Waals surface area contributed by atoms with E-state index in [0.717, 1.165) is 16.6 Å². The lowest BCUT2D eigenvalue weighted by molar-refractivity contribution is 0.385. The van der Waals surface area contributed by atoms with Gasteiger partial charge in [0.25, 0.3) is 0 Å². The fourth-order valence-electron chi connectivity index (χ4n) is 3.59. The van der Waals surface area contributed by atoms with Crippen molar-refractivity contribution in [3.63, 3.8) is 0 Å². The molecule has 0 N–H and O–H groups in total. The SMILES string of the molecule is COc1ccc(S(=O)(=O)N2CCN(c3ccnc4ccc(C)cc34)CC2)cc1. The monoisotopic (exact) mass is 397 g/mol. The van der Waals surface area contributed by atoms with Gasteiger partial charge >= 0.3 is 0 Å². The molecular formula is C21H23N3O3S. The van der Waals surface area contributed by atoms with Crippen molar-refractivity contribution >= 4 is 26.6 Å². The first-order valence-corrected chi connectivity index (χ1v) is 10.7. The molecular weight excluding hydrogens is 374 g/mol. The first-order valence-electron chi connectivity index (χ1n) is 9.23. The number of fused-ring (bicyclic) bond motifs is 1. The zero-order valence-electron chi connectivity index (χ0n) is 16.0. The maximum absolute atomic E-state index is 12.9. The van der Waals surface area contributed by atoms with Gasteiger partial charge in [-0.05, 0) is 49.4 Å². The zero-order valence-corrected chi connectivity index (χ0v) is 16.8. The minimum atomic E-state index is -3.50. The Kier molecular flexibility index (Phi) is 4.95. The van der Waals surface area contributed by atoms with Crippen LogP contribution in [0.25, 0.3) is 10.9 Å². The van der Waals surface area contributed by atoms with E-state index in [1.165, 1.54) is 5.56 Å². The number of rotatable bonds is 4. The lowest BCUT2D eigenvalue weighted by Gasteiger charge is -2.35. The van der Waals surface area contributed by atoms with Crippen LogP contribution in [0.2, 0.25) is 0 Å². The van der Waals surface area contributed by atoms with E-state index in [1.54, 1.807) is 35.7 Å². The number of methoxy groups -OCH3 is 1. The highest BCUT2D eigenvalue weighted by Crippen LogP contribution is 2.28. The molecule has 3 aromatic rings. The van der Waals surface area contributed by atoms with Crippen LogP contribution in [0.4, 0.5) is 5.69 Å². The first-order chi connectivity index (χ1) is 13.5. The van der Waals surface area contributed by atoms with E-state index in [4.69, 9.17) is 4.74 Å². The summed E-state index contributed by atoms with van der Waals surface area (Å²) in [6, 6.07) is 14.8. The summed E-state index contributed by atoms with van der Waals surface area (Å²) < 4.78 is 32.6. The summed E-state index contributed by atoms with van der Waals surface area (Å²) in [6.45, 7) is 4.24. The van der Waals surface area contributed by atoms with Crippen molar-refractivity contribution in [2.45, 2.75) is 11.8 Å². The summed E-state index contributed by atoms with van der Waals surface area (Å²) in [6.07, 6.45) is 1.81. The number of sulfonamides is 1. The highest BCUT2D eigenvalue weighted by molar-refractivity contribution is 7.89. The average molecular weight is 398 g/mol. The Bertz CT molecular complexity index is 1090. The van der Waals surface area contributed by atoms with Crippen molar-refractivity contribution in [2.24, 2.45) is 0 Å². The molecule has 0 amide bonds. The van der Waals surface area contributed by atoms with E-state index in [0.29, 0.717) is 36.8 Å². The van der Waals surface area contributed by atoms with Gasteiger partial charge in [0, 0.05) is 43.4 Å². The van der Waals surface area contributed by atoms with Gasteiger partial charge in [-0.2, -0.15) is 4.31 Å². The maximum atomic E-state index is 12.9. The number of hydrogen-bond acceptors (Lipinski definition) is 5. The number of hydrogen-bond donors (Lipinski definition) is 0. The molecule has 2 heterocycles. The number of aromatic nitrogens is 1. The van der Waals surface area contributed by atoms with Crippen LogP contribution in [-0.2, 0) is 10.0 Å². The summed E-state index contributed by atoms with van der Waals surface area (Å²) in [5, 5.41) is 1.11.